The van der Waals surface area contributed by atoms with Crippen molar-refractivity contribution in [3.8, 4) is 0 Å². The van der Waals surface area contributed by atoms with Crippen molar-refractivity contribution in [2.24, 2.45) is 23.7 Å². The molecule has 7 saturated heterocycles. The van der Waals surface area contributed by atoms with Crippen LogP contribution in [0, 0.1) is 23.7 Å². The van der Waals surface area contributed by atoms with Gasteiger partial charge in [-0.05, 0) is 13.8 Å². The van der Waals surface area contributed by atoms with Gasteiger partial charge < -0.3 is 178 Å². The Morgan fingerprint density at radius 3 is 1.11 bits per heavy atom. The molecule has 0 aromatic heterocycles. The van der Waals surface area contributed by atoms with E-state index in [1.165, 1.54) is 27.7 Å². The fourth-order valence-electron chi connectivity index (χ4n) is 11.8. The quantitative estimate of drug-likeness (QED) is 0.0340. The molecule has 7 fully saturated rings. The lowest BCUT2D eigenvalue weighted by Crippen LogP contribution is -2.65. The van der Waals surface area contributed by atoms with Gasteiger partial charge in [-0.3, -0.25) is 0 Å². The van der Waals surface area contributed by atoms with Crippen LogP contribution in [0.4, 0.5) is 0 Å². The summed E-state index contributed by atoms with van der Waals surface area (Å²) in [5, 5.41) is 227. The largest absolute Gasteiger partial charge is 0.394 e. The molecular formula is C54H96O36. The van der Waals surface area contributed by atoms with Crippen molar-refractivity contribution in [1.82, 2.24) is 0 Å². The highest BCUT2D eigenvalue weighted by molar-refractivity contribution is 4.98. The first-order chi connectivity index (χ1) is 42.6. The highest BCUT2D eigenvalue weighted by atomic mass is 16.8. The molecule has 0 aromatic carbocycles. The molecule has 0 saturated carbocycles. The molecule has 15 unspecified atom stereocenters. The minimum Gasteiger partial charge on any atom is -0.394 e. The van der Waals surface area contributed by atoms with E-state index in [2.05, 4.69) is 0 Å². The van der Waals surface area contributed by atoms with Gasteiger partial charge in [-0.25, -0.2) is 0 Å². The molecular weight excluding hydrogens is 1220 g/mol. The molecule has 21 N–H and O–H groups in total. The van der Waals surface area contributed by atoms with Crippen LogP contribution in [0.2, 0.25) is 0 Å². The van der Waals surface area contributed by atoms with Gasteiger partial charge in [0.1, 0.15) is 134 Å². The van der Waals surface area contributed by atoms with Gasteiger partial charge >= 0.3 is 0 Å². The van der Waals surface area contributed by atoms with Crippen molar-refractivity contribution in [3.63, 3.8) is 0 Å². The first kappa shape index (κ1) is 75.9. The van der Waals surface area contributed by atoms with Crippen LogP contribution in [-0.4, -0.2) is 382 Å². The molecule has 7 rings (SSSR count). The summed E-state index contributed by atoms with van der Waals surface area (Å²) in [5.41, 5.74) is 0. The van der Waals surface area contributed by atoms with Gasteiger partial charge in [0.15, 0.2) is 44.0 Å². The standard InChI is InChI=1S/C54H96O36/c1-16-21(6)78-27(11-59)43(32(16)65)86-49-18(3)33(66)44(28(12-60)83-49)87-51(22(63)14-76-53-46(40(73)37(70)25(9-57)81-53)89-48-17(2)31(64)35(68)23(7-55)79-48)85-30(20(5)62)15-77-54-47(41(74)38(71)26(10-58)82-54)90-50-19(4)34(67)45(29(13-61)84-50)88-52-42(75)39(72)36(69)24(8-56)80-52/h16-75H,7-15H2,1-6H3/t16-,17+,18+,19?,20+,21+,22-,23?,24?,25-,26?,27?,28?,29+,30?,31?,32?,33?,34?,35-,36+,37-,38-,39?,40?,41?,42+,43-,44-,45-,46?,47-,48+,49+,50+,51+,52+,53+,54+/m1/s1. The smallest absolute Gasteiger partial charge is 0.187 e. The minimum absolute atomic E-state index is 0.500. The summed E-state index contributed by atoms with van der Waals surface area (Å²) >= 11 is 0. The number of aliphatic hydroxyl groups is 21. The zero-order valence-electron chi connectivity index (χ0n) is 50.4. The zero-order valence-corrected chi connectivity index (χ0v) is 50.4. The molecule has 0 radical (unpaired) electrons. The zero-order chi connectivity index (χ0) is 66.5. The number of hydrogen-bond donors (Lipinski definition) is 21. The molecule has 0 spiro atoms. The van der Waals surface area contributed by atoms with Crippen LogP contribution in [0.1, 0.15) is 41.5 Å². The van der Waals surface area contributed by atoms with Gasteiger partial charge in [0, 0.05) is 23.7 Å². The van der Waals surface area contributed by atoms with Crippen LogP contribution in [0.15, 0.2) is 0 Å². The maximum absolute atomic E-state index is 12.2. The summed E-state index contributed by atoms with van der Waals surface area (Å²) in [6, 6.07) is 0. The Labute approximate surface area is 516 Å². The van der Waals surface area contributed by atoms with Crippen molar-refractivity contribution in [2.45, 2.75) is 256 Å². The topological polar surface area (TPSA) is 563 Å². The third-order valence-corrected chi connectivity index (χ3v) is 18.0. The van der Waals surface area contributed by atoms with E-state index < -0.39 is 298 Å². The lowest BCUT2D eigenvalue weighted by atomic mass is 9.88. The van der Waals surface area contributed by atoms with Crippen LogP contribution in [0.3, 0.4) is 0 Å². The number of aliphatic hydroxyl groups excluding tert-OH is 21. The highest BCUT2D eigenvalue weighted by Crippen LogP contribution is 2.39. The molecule has 0 aromatic rings. The third-order valence-electron chi connectivity index (χ3n) is 18.0. The van der Waals surface area contributed by atoms with Crippen molar-refractivity contribution in [3.05, 3.63) is 0 Å². The van der Waals surface area contributed by atoms with Crippen molar-refractivity contribution < 1.29 is 178 Å². The third kappa shape index (κ3) is 16.7. The molecule has 36 heteroatoms. The van der Waals surface area contributed by atoms with E-state index in [4.69, 9.17) is 71.1 Å². The Hall–Kier alpha value is -1.44. The second kappa shape index (κ2) is 33.7. The molecule has 7 aliphatic heterocycles. The molecule has 36 nitrogen and oxygen atoms in total. The van der Waals surface area contributed by atoms with Crippen LogP contribution in [0.25, 0.3) is 0 Å². The fraction of sp³-hybridized carbons (Fsp3) is 1.00. The Balaban J connectivity index is 1.13. The fourth-order valence-corrected chi connectivity index (χ4v) is 11.8. The van der Waals surface area contributed by atoms with Gasteiger partial charge in [0.25, 0.3) is 0 Å². The first-order valence-electron chi connectivity index (χ1n) is 30.1. The van der Waals surface area contributed by atoms with Crippen molar-refractivity contribution >= 4 is 0 Å². The summed E-state index contributed by atoms with van der Waals surface area (Å²) < 4.78 is 89.2. The normalized spacial score (nSPS) is 49.4. The first-order valence-corrected chi connectivity index (χ1v) is 30.1. The monoisotopic (exact) mass is 1320 g/mol. The second-order valence-electron chi connectivity index (χ2n) is 24.3. The molecule has 528 valence electrons. The predicted molar refractivity (Wildman–Crippen MR) is 287 cm³/mol. The summed E-state index contributed by atoms with van der Waals surface area (Å²) in [5.74, 6) is -3.90. The predicted octanol–water partition coefficient (Wildman–Crippen LogP) is -11.6. The molecule has 0 amide bonds. The Bertz CT molecular complexity index is 2090. The highest BCUT2D eigenvalue weighted by Gasteiger charge is 2.56. The van der Waals surface area contributed by atoms with Gasteiger partial charge in [-0.15, -0.1) is 0 Å². The van der Waals surface area contributed by atoms with E-state index >= 15 is 0 Å². The molecule has 0 bridgehead atoms. The SMILES string of the molecule is CC1C(O)[C@H](O[C@@H]2OC(CO)[C@H](O)C(O)[C@@H]2O)[C@H](CO)O[C@H]1O[C@@H]1C(O)[C@H](O)C(CO)O[C@@H]1OCC(O[C@@H](O[C@@H]1C(CO)O[C@@H](O[C@@H]2C(CO)O[C@@H](C)[C@@H](C)C2O)[C@@H](C)C1O)[C@H](O)CO[C@H]1O[C@H](CO)[C@@H](O)C(O)C1O[C@@H]1OC(CO)[C@@H](O)C(O)[C@@H]1C)[C@H](C)O. The lowest BCUT2D eigenvalue weighted by Gasteiger charge is -2.48. The number of hydrogen-bond acceptors (Lipinski definition) is 36. The maximum Gasteiger partial charge on any atom is 0.187 e. The Morgan fingerprint density at radius 2 is 0.656 bits per heavy atom. The van der Waals surface area contributed by atoms with E-state index in [0.29, 0.717) is 0 Å². The van der Waals surface area contributed by atoms with Crippen molar-refractivity contribution in [2.75, 3.05) is 59.5 Å². The average Bonchev–Trinajstić information content (AvgIpc) is 0.841. The van der Waals surface area contributed by atoms with Gasteiger partial charge in [0.2, 0.25) is 0 Å². The van der Waals surface area contributed by atoms with Crippen LogP contribution < -0.4 is 0 Å². The minimum atomic E-state index is -2.16. The van der Waals surface area contributed by atoms with Crippen LogP contribution >= 0.6 is 0 Å². The van der Waals surface area contributed by atoms with Crippen LogP contribution in [-0.2, 0) is 71.1 Å². The summed E-state index contributed by atoms with van der Waals surface area (Å²) in [7, 11) is 0. The van der Waals surface area contributed by atoms with Gasteiger partial charge in [0.05, 0.1) is 96.1 Å². The lowest BCUT2D eigenvalue weighted by molar-refractivity contribution is -0.381. The van der Waals surface area contributed by atoms with Crippen molar-refractivity contribution in [1.29, 1.82) is 0 Å². The number of rotatable bonds is 27. The average molecular weight is 1320 g/mol. The molecule has 0 aliphatic carbocycles. The number of ether oxygens (including phenoxy) is 15. The van der Waals surface area contributed by atoms with Gasteiger partial charge in [-0.1, -0.05) is 27.7 Å². The van der Waals surface area contributed by atoms with E-state index in [1.807, 2.05) is 0 Å². The Morgan fingerprint density at radius 1 is 0.322 bits per heavy atom. The van der Waals surface area contributed by atoms with E-state index in [-0.39, 0.29) is 0 Å². The molecule has 7 aliphatic rings. The van der Waals surface area contributed by atoms with E-state index in [9.17, 15) is 107 Å². The Kier molecular flexibility index (Phi) is 28.4. The molecule has 7 heterocycles. The van der Waals surface area contributed by atoms with Gasteiger partial charge in [-0.2, -0.15) is 0 Å². The molecule has 39 atom stereocenters. The van der Waals surface area contributed by atoms with Crippen LogP contribution in [0.5, 0.6) is 0 Å². The second-order valence-corrected chi connectivity index (χ2v) is 24.3. The summed E-state index contributed by atoms with van der Waals surface area (Å²) in [6.45, 7) is 1.06. The maximum atomic E-state index is 12.2. The van der Waals surface area contributed by atoms with E-state index in [1.54, 1.807) is 13.8 Å². The summed E-state index contributed by atoms with van der Waals surface area (Å²) in [6.07, 6.45) is -57.6. The van der Waals surface area contributed by atoms with E-state index in [0.717, 1.165) is 0 Å². The molecule has 90 heavy (non-hydrogen) atoms. The summed E-state index contributed by atoms with van der Waals surface area (Å²) in [4.78, 5) is 0.